The van der Waals surface area contributed by atoms with Crippen LogP contribution in [0.1, 0.15) is 37.5 Å². The summed E-state index contributed by atoms with van der Waals surface area (Å²) in [5.74, 6) is -0.0271. The van der Waals surface area contributed by atoms with E-state index in [1.54, 1.807) is 11.3 Å². The van der Waals surface area contributed by atoms with Crippen molar-refractivity contribution in [2.75, 3.05) is 5.32 Å². The molecule has 0 fully saturated rings. The van der Waals surface area contributed by atoms with Crippen molar-refractivity contribution in [2.45, 2.75) is 27.2 Å². The number of fused-ring (bicyclic) bond motifs is 1. The second-order valence-corrected chi connectivity index (χ2v) is 8.34. The molecule has 1 amide bonds. The fourth-order valence-electron chi connectivity index (χ4n) is 3.55. The molecule has 0 aliphatic rings. The van der Waals surface area contributed by atoms with Crippen LogP contribution in [0.3, 0.4) is 0 Å². The smallest absolute Gasteiger partial charge is 0.266 e. The van der Waals surface area contributed by atoms with Gasteiger partial charge in [-0.2, -0.15) is 0 Å². The molecule has 0 aliphatic heterocycles. The van der Waals surface area contributed by atoms with Crippen LogP contribution >= 0.6 is 11.3 Å². The summed E-state index contributed by atoms with van der Waals surface area (Å²) in [7, 11) is 0. The highest BCUT2D eigenvalue weighted by molar-refractivity contribution is 7.21. The van der Waals surface area contributed by atoms with Gasteiger partial charge in [-0.1, -0.05) is 66.2 Å². The fraction of sp³-hybridized carbons (Fsp3) is 0.160. The number of hydrogen-bond acceptors (Lipinski definition) is 2. The molecule has 0 saturated heterocycles. The number of carbonyl (C=O) groups excluding carboxylic acids is 1. The van der Waals surface area contributed by atoms with Crippen LogP contribution in [0.15, 0.2) is 66.7 Å². The first-order valence-corrected chi connectivity index (χ1v) is 10.3. The highest BCUT2D eigenvalue weighted by Crippen LogP contribution is 2.34. The van der Waals surface area contributed by atoms with E-state index in [0.29, 0.717) is 0 Å². The van der Waals surface area contributed by atoms with Crippen molar-refractivity contribution in [1.29, 1.82) is 0 Å². The molecule has 0 aliphatic carbocycles. The Morgan fingerprint density at radius 1 is 0.857 bits per heavy atom. The lowest BCUT2D eigenvalue weighted by atomic mass is 10.0. The highest BCUT2D eigenvalue weighted by Gasteiger charge is 2.19. The number of nitrogens with one attached hydrogen (secondary N) is 1. The minimum Gasteiger partial charge on any atom is -0.321 e. The van der Waals surface area contributed by atoms with Crippen molar-refractivity contribution in [1.82, 2.24) is 0 Å². The maximum atomic E-state index is 13.3. The maximum Gasteiger partial charge on any atom is 0.266 e. The van der Waals surface area contributed by atoms with Gasteiger partial charge in [0.1, 0.15) is 0 Å². The molecule has 3 heteroatoms. The monoisotopic (exact) mass is 385 g/mol. The maximum absolute atomic E-state index is 13.3. The van der Waals surface area contributed by atoms with E-state index in [1.807, 2.05) is 44.2 Å². The molecule has 3 aromatic carbocycles. The number of benzene rings is 3. The minimum atomic E-state index is -0.0271. The van der Waals surface area contributed by atoms with E-state index in [2.05, 4.69) is 48.6 Å². The summed E-state index contributed by atoms with van der Waals surface area (Å²) in [4.78, 5) is 14.0. The van der Waals surface area contributed by atoms with Crippen LogP contribution in [0.4, 0.5) is 5.69 Å². The van der Waals surface area contributed by atoms with E-state index in [-0.39, 0.29) is 5.91 Å². The van der Waals surface area contributed by atoms with E-state index in [1.165, 1.54) is 16.5 Å². The van der Waals surface area contributed by atoms with Crippen LogP contribution in [0.25, 0.3) is 10.1 Å². The average molecular weight is 386 g/mol. The first kappa shape index (κ1) is 18.5. The first-order chi connectivity index (χ1) is 13.5. The summed E-state index contributed by atoms with van der Waals surface area (Å²) in [6.07, 6.45) is 0.750. The number of carbonyl (C=O) groups is 1. The normalized spacial score (nSPS) is 11.0. The summed E-state index contributed by atoms with van der Waals surface area (Å²) in [5.41, 5.74) is 6.63. The third-order valence-corrected chi connectivity index (χ3v) is 6.34. The number of aryl methyl sites for hydroxylation is 3. The fourth-order valence-corrected chi connectivity index (χ4v) is 4.67. The highest BCUT2D eigenvalue weighted by atomic mass is 32.1. The van der Waals surface area contributed by atoms with Crippen molar-refractivity contribution < 1.29 is 4.79 Å². The molecule has 2 nitrogen and oxygen atoms in total. The van der Waals surface area contributed by atoms with E-state index in [0.717, 1.165) is 38.4 Å². The number of amides is 1. The molecule has 0 bridgehead atoms. The summed E-state index contributed by atoms with van der Waals surface area (Å²) in [6, 6.07) is 22.9. The molecule has 0 unspecified atom stereocenters. The zero-order valence-corrected chi connectivity index (χ0v) is 17.2. The van der Waals surface area contributed by atoms with Crippen LogP contribution in [0.2, 0.25) is 0 Å². The summed E-state index contributed by atoms with van der Waals surface area (Å²) in [6.45, 7) is 6.15. The summed E-state index contributed by atoms with van der Waals surface area (Å²) in [5, 5.41) is 4.33. The van der Waals surface area contributed by atoms with Gasteiger partial charge in [-0.3, -0.25) is 4.79 Å². The molecule has 28 heavy (non-hydrogen) atoms. The third kappa shape index (κ3) is 3.58. The first-order valence-electron chi connectivity index (χ1n) is 9.46. The molecule has 1 aromatic heterocycles. The standard InChI is InChI=1S/C25H23NOS/c1-16-11-13-19(14-12-16)15-21-20-9-4-5-10-22(20)28-24(21)25(27)26-23-17(2)7-6-8-18(23)3/h4-14H,15H2,1-3H3,(H,26,27). The third-order valence-electron chi connectivity index (χ3n) is 5.13. The Morgan fingerprint density at radius 2 is 1.54 bits per heavy atom. The number of hydrogen-bond donors (Lipinski definition) is 1. The molecule has 1 heterocycles. The van der Waals surface area contributed by atoms with Crippen LogP contribution in [-0.2, 0) is 6.42 Å². The van der Waals surface area contributed by atoms with Gasteiger partial charge in [0.05, 0.1) is 4.88 Å². The molecule has 140 valence electrons. The van der Waals surface area contributed by atoms with E-state index in [4.69, 9.17) is 0 Å². The van der Waals surface area contributed by atoms with Gasteiger partial charge in [-0.15, -0.1) is 11.3 Å². The Hall–Kier alpha value is -2.91. The zero-order valence-electron chi connectivity index (χ0n) is 16.4. The summed E-state index contributed by atoms with van der Waals surface area (Å²) >= 11 is 1.57. The predicted molar refractivity (Wildman–Crippen MR) is 120 cm³/mol. The van der Waals surface area contributed by atoms with E-state index in [9.17, 15) is 4.79 Å². The topological polar surface area (TPSA) is 29.1 Å². The average Bonchev–Trinajstić information content (AvgIpc) is 3.05. The lowest BCUT2D eigenvalue weighted by Crippen LogP contribution is -2.14. The zero-order chi connectivity index (χ0) is 19.7. The van der Waals surface area contributed by atoms with Crippen molar-refractivity contribution in [3.63, 3.8) is 0 Å². The van der Waals surface area contributed by atoms with Gasteiger partial charge in [0.2, 0.25) is 0 Å². The van der Waals surface area contributed by atoms with Gasteiger partial charge in [0.15, 0.2) is 0 Å². The van der Waals surface area contributed by atoms with Gasteiger partial charge in [0.25, 0.3) is 5.91 Å². The van der Waals surface area contributed by atoms with Gasteiger partial charge in [-0.25, -0.2) is 0 Å². The van der Waals surface area contributed by atoms with E-state index >= 15 is 0 Å². The SMILES string of the molecule is Cc1ccc(Cc2c(C(=O)Nc3c(C)cccc3C)sc3ccccc23)cc1. The van der Waals surface area contributed by atoms with Crippen molar-refractivity contribution >= 4 is 33.0 Å². The Bertz CT molecular complexity index is 1130. The van der Waals surface area contributed by atoms with Crippen LogP contribution in [0.5, 0.6) is 0 Å². The van der Waals surface area contributed by atoms with Gasteiger partial charge in [-0.05, 0) is 60.9 Å². The van der Waals surface area contributed by atoms with E-state index < -0.39 is 0 Å². The van der Waals surface area contributed by atoms with Crippen molar-refractivity contribution in [3.05, 3.63) is 99.4 Å². The molecule has 4 aromatic rings. The van der Waals surface area contributed by atoms with Crippen molar-refractivity contribution in [2.24, 2.45) is 0 Å². The van der Waals surface area contributed by atoms with Gasteiger partial charge in [0, 0.05) is 10.4 Å². The second kappa shape index (κ2) is 7.61. The molecule has 4 rings (SSSR count). The molecular formula is C25H23NOS. The Balaban J connectivity index is 1.75. The molecule has 0 radical (unpaired) electrons. The number of anilines is 1. The molecule has 0 atom stereocenters. The number of thiophene rings is 1. The van der Waals surface area contributed by atoms with Crippen LogP contribution in [-0.4, -0.2) is 5.91 Å². The largest absolute Gasteiger partial charge is 0.321 e. The van der Waals surface area contributed by atoms with Gasteiger partial charge >= 0.3 is 0 Å². The Kier molecular flexibility index (Phi) is 5.01. The minimum absolute atomic E-state index is 0.0271. The van der Waals surface area contributed by atoms with Gasteiger partial charge < -0.3 is 5.32 Å². The molecular weight excluding hydrogens is 362 g/mol. The Labute approximate surface area is 169 Å². The molecule has 1 N–H and O–H groups in total. The summed E-state index contributed by atoms with van der Waals surface area (Å²) < 4.78 is 1.15. The lowest BCUT2D eigenvalue weighted by molar-refractivity contribution is 0.102. The number of rotatable bonds is 4. The quantitative estimate of drug-likeness (QED) is 0.417. The molecule has 0 saturated carbocycles. The predicted octanol–water partition coefficient (Wildman–Crippen LogP) is 6.67. The number of para-hydroxylation sites is 1. The van der Waals surface area contributed by atoms with Crippen LogP contribution in [0, 0.1) is 20.8 Å². The lowest BCUT2D eigenvalue weighted by Gasteiger charge is -2.12. The second-order valence-electron chi connectivity index (χ2n) is 7.29. The molecule has 0 spiro atoms. The van der Waals surface area contributed by atoms with Crippen molar-refractivity contribution in [3.8, 4) is 0 Å². The Morgan fingerprint density at radius 3 is 2.25 bits per heavy atom. The van der Waals surface area contributed by atoms with Crippen LogP contribution < -0.4 is 5.32 Å².